The van der Waals surface area contributed by atoms with Gasteiger partial charge >= 0.3 is 0 Å². The summed E-state index contributed by atoms with van der Waals surface area (Å²) in [6.45, 7) is 6.32. The number of nitrogens with zero attached hydrogens (tertiary/aromatic N) is 1. The zero-order valence-corrected chi connectivity index (χ0v) is 12.2. The van der Waals surface area contributed by atoms with E-state index in [1.807, 2.05) is 0 Å². The smallest absolute Gasteiger partial charge is 0.0473 e. The molecule has 2 atom stereocenters. The van der Waals surface area contributed by atoms with Gasteiger partial charge in [-0.15, -0.1) is 0 Å². The van der Waals surface area contributed by atoms with Gasteiger partial charge in [0.25, 0.3) is 0 Å². The molecule has 0 bridgehead atoms. The van der Waals surface area contributed by atoms with Crippen molar-refractivity contribution in [2.45, 2.75) is 38.8 Å². The predicted molar refractivity (Wildman–Crippen MR) is 76.1 cm³/mol. The first kappa shape index (κ1) is 13.1. The van der Waals surface area contributed by atoms with E-state index in [0.29, 0.717) is 18.6 Å². The minimum atomic E-state index is 0.374. The first-order chi connectivity index (χ1) is 8.13. The lowest BCUT2D eigenvalue weighted by Gasteiger charge is -2.31. The van der Waals surface area contributed by atoms with Gasteiger partial charge in [0.2, 0.25) is 0 Å². The minimum Gasteiger partial charge on any atom is -0.329 e. The van der Waals surface area contributed by atoms with Gasteiger partial charge in [0, 0.05) is 23.1 Å². The lowest BCUT2D eigenvalue weighted by atomic mass is 10.0. The van der Waals surface area contributed by atoms with Gasteiger partial charge in [0.1, 0.15) is 0 Å². The molecule has 1 aromatic carbocycles. The minimum absolute atomic E-state index is 0.374. The van der Waals surface area contributed by atoms with Crippen molar-refractivity contribution >= 4 is 15.9 Å². The molecule has 0 spiro atoms. The van der Waals surface area contributed by atoms with E-state index in [9.17, 15) is 0 Å². The fraction of sp³-hybridized carbons (Fsp3) is 0.571. The van der Waals surface area contributed by atoms with Crippen LogP contribution in [0, 0.1) is 6.92 Å². The summed E-state index contributed by atoms with van der Waals surface area (Å²) in [5.41, 5.74) is 8.62. The van der Waals surface area contributed by atoms with Crippen LogP contribution >= 0.6 is 15.9 Å². The van der Waals surface area contributed by atoms with E-state index >= 15 is 0 Å². The van der Waals surface area contributed by atoms with Gasteiger partial charge in [0.15, 0.2) is 0 Å². The molecule has 1 heterocycles. The van der Waals surface area contributed by atoms with Crippen LogP contribution < -0.4 is 5.73 Å². The highest BCUT2D eigenvalue weighted by atomic mass is 79.9. The Morgan fingerprint density at radius 3 is 2.82 bits per heavy atom. The predicted octanol–water partition coefficient (Wildman–Crippen LogP) is 3.24. The number of benzene rings is 1. The van der Waals surface area contributed by atoms with Gasteiger partial charge in [-0.1, -0.05) is 28.1 Å². The Morgan fingerprint density at radius 1 is 1.53 bits per heavy atom. The summed E-state index contributed by atoms with van der Waals surface area (Å²) >= 11 is 3.55. The maximum absolute atomic E-state index is 5.98. The molecule has 0 amide bonds. The SMILES string of the molecule is Cc1cc(C(CN)N2CCCC2C)ccc1Br. The lowest BCUT2D eigenvalue weighted by Crippen LogP contribution is -2.36. The molecule has 2 N–H and O–H groups in total. The van der Waals surface area contributed by atoms with Crippen LogP contribution in [-0.4, -0.2) is 24.0 Å². The second kappa shape index (κ2) is 5.51. The molecule has 2 nitrogen and oxygen atoms in total. The van der Waals surface area contributed by atoms with Crippen molar-refractivity contribution in [1.82, 2.24) is 4.90 Å². The Bertz CT molecular complexity index is 392. The van der Waals surface area contributed by atoms with Gasteiger partial charge in [-0.3, -0.25) is 4.90 Å². The second-order valence-corrected chi connectivity index (χ2v) is 5.84. The number of halogens is 1. The quantitative estimate of drug-likeness (QED) is 0.928. The van der Waals surface area contributed by atoms with Crippen LogP contribution in [0.2, 0.25) is 0 Å². The summed E-state index contributed by atoms with van der Waals surface area (Å²) < 4.78 is 1.17. The van der Waals surface area contributed by atoms with Gasteiger partial charge < -0.3 is 5.73 Å². The zero-order chi connectivity index (χ0) is 12.4. The first-order valence-electron chi connectivity index (χ1n) is 6.35. The molecule has 1 aliphatic heterocycles. The third kappa shape index (κ3) is 2.72. The van der Waals surface area contributed by atoms with Crippen molar-refractivity contribution in [1.29, 1.82) is 0 Å². The van der Waals surface area contributed by atoms with Crippen LogP contribution in [0.15, 0.2) is 22.7 Å². The van der Waals surface area contributed by atoms with Crippen LogP contribution in [0.5, 0.6) is 0 Å². The standard InChI is InChI=1S/C14H21BrN2/c1-10-8-12(5-6-13(10)15)14(9-16)17-7-3-4-11(17)2/h5-6,8,11,14H,3-4,7,9,16H2,1-2H3. The number of nitrogens with two attached hydrogens (primary N) is 1. The van der Waals surface area contributed by atoms with Crippen LogP contribution in [0.1, 0.15) is 36.9 Å². The van der Waals surface area contributed by atoms with Crippen molar-refractivity contribution in [3.05, 3.63) is 33.8 Å². The Morgan fingerprint density at radius 2 is 2.29 bits per heavy atom. The number of likely N-dealkylation sites (tertiary alicyclic amines) is 1. The largest absolute Gasteiger partial charge is 0.329 e. The van der Waals surface area contributed by atoms with Crippen molar-refractivity contribution in [2.24, 2.45) is 5.73 Å². The van der Waals surface area contributed by atoms with Gasteiger partial charge in [-0.2, -0.15) is 0 Å². The molecule has 2 unspecified atom stereocenters. The summed E-state index contributed by atoms with van der Waals surface area (Å²) in [7, 11) is 0. The van der Waals surface area contributed by atoms with Crippen LogP contribution in [0.25, 0.3) is 0 Å². The van der Waals surface area contributed by atoms with E-state index in [4.69, 9.17) is 5.73 Å². The molecule has 1 aromatic rings. The molecular formula is C14H21BrN2. The fourth-order valence-corrected chi connectivity index (χ4v) is 3.00. The van der Waals surface area contributed by atoms with E-state index in [1.165, 1.54) is 35.0 Å². The summed E-state index contributed by atoms with van der Waals surface area (Å²) in [5.74, 6) is 0. The van der Waals surface area contributed by atoms with E-state index in [0.717, 1.165) is 0 Å². The highest BCUT2D eigenvalue weighted by Gasteiger charge is 2.27. The number of hydrogen-bond acceptors (Lipinski definition) is 2. The molecule has 0 aromatic heterocycles. The topological polar surface area (TPSA) is 29.3 Å². The Balaban J connectivity index is 2.25. The number of aryl methyl sites for hydroxylation is 1. The molecule has 2 rings (SSSR count). The molecule has 1 saturated heterocycles. The Labute approximate surface area is 112 Å². The molecule has 94 valence electrons. The summed E-state index contributed by atoms with van der Waals surface area (Å²) in [6, 6.07) is 7.62. The van der Waals surface area contributed by atoms with E-state index < -0.39 is 0 Å². The zero-order valence-electron chi connectivity index (χ0n) is 10.6. The first-order valence-corrected chi connectivity index (χ1v) is 7.14. The molecule has 17 heavy (non-hydrogen) atoms. The fourth-order valence-electron chi connectivity index (χ4n) is 2.76. The Kier molecular flexibility index (Phi) is 4.23. The van der Waals surface area contributed by atoms with Gasteiger partial charge in [-0.25, -0.2) is 0 Å². The number of rotatable bonds is 3. The highest BCUT2D eigenvalue weighted by Crippen LogP contribution is 2.30. The maximum atomic E-state index is 5.98. The van der Waals surface area contributed by atoms with Crippen molar-refractivity contribution in [2.75, 3.05) is 13.1 Å². The van der Waals surface area contributed by atoms with Crippen molar-refractivity contribution in [3.8, 4) is 0 Å². The summed E-state index contributed by atoms with van der Waals surface area (Å²) in [4.78, 5) is 2.54. The van der Waals surface area contributed by atoms with E-state index in [1.54, 1.807) is 0 Å². The monoisotopic (exact) mass is 296 g/mol. The molecule has 0 aliphatic carbocycles. The Hall–Kier alpha value is -0.380. The summed E-state index contributed by atoms with van der Waals surface area (Å²) in [6.07, 6.45) is 2.60. The number of hydrogen-bond donors (Lipinski definition) is 1. The highest BCUT2D eigenvalue weighted by molar-refractivity contribution is 9.10. The van der Waals surface area contributed by atoms with Crippen molar-refractivity contribution in [3.63, 3.8) is 0 Å². The summed E-state index contributed by atoms with van der Waals surface area (Å²) in [5, 5.41) is 0. The molecule has 0 saturated carbocycles. The van der Waals surface area contributed by atoms with Crippen molar-refractivity contribution < 1.29 is 0 Å². The van der Waals surface area contributed by atoms with E-state index in [2.05, 4.69) is 52.9 Å². The third-order valence-corrected chi connectivity index (χ3v) is 4.68. The average molecular weight is 297 g/mol. The van der Waals surface area contributed by atoms with Crippen LogP contribution in [0.3, 0.4) is 0 Å². The van der Waals surface area contributed by atoms with E-state index in [-0.39, 0.29) is 0 Å². The normalized spacial score (nSPS) is 22.9. The molecular weight excluding hydrogens is 276 g/mol. The average Bonchev–Trinajstić information content (AvgIpc) is 2.71. The van der Waals surface area contributed by atoms with Crippen LogP contribution in [0.4, 0.5) is 0 Å². The maximum Gasteiger partial charge on any atom is 0.0473 e. The van der Waals surface area contributed by atoms with Crippen LogP contribution in [-0.2, 0) is 0 Å². The molecule has 3 heteroatoms. The lowest BCUT2D eigenvalue weighted by molar-refractivity contribution is 0.195. The third-order valence-electron chi connectivity index (χ3n) is 3.79. The molecule has 1 aliphatic rings. The second-order valence-electron chi connectivity index (χ2n) is 4.99. The molecule has 1 fully saturated rings. The molecule has 0 radical (unpaired) electrons. The van der Waals surface area contributed by atoms with Gasteiger partial charge in [-0.05, 0) is 50.4 Å². The van der Waals surface area contributed by atoms with Gasteiger partial charge in [0.05, 0.1) is 0 Å².